The number of fused-ring (bicyclic) bond motifs is 1. The minimum atomic E-state index is -0.602. The number of benzene rings is 1. The minimum absolute atomic E-state index is 0.102. The SMILES string of the molecule is C=c1[nH]c2ccc(O)c(=CN(C)C)c2c1C(=O)OC(C)(C)C. The van der Waals surface area contributed by atoms with Gasteiger partial charge in [0.1, 0.15) is 11.4 Å². The number of aromatic hydroxyl groups is 1. The van der Waals surface area contributed by atoms with Crippen molar-refractivity contribution in [2.24, 2.45) is 0 Å². The van der Waals surface area contributed by atoms with Gasteiger partial charge in [0.05, 0.1) is 5.56 Å². The third kappa shape index (κ3) is 3.08. The van der Waals surface area contributed by atoms with Crippen LogP contribution in [0.1, 0.15) is 31.1 Å². The molecular weight excluding hydrogens is 280 g/mol. The van der Waals surface area contributed by atoms with E-state index < -0.39 is 11.6 Å². The lowest BCUT2D eigenvalue weighted by atomic mass is 10.1. The van der Waals surface area contributed by atoms with Gasteiger partial charge in [0.2, 0.25) is 0 Å². The van der Waals surface area contributed by atoms with E-state index in [0.717, 1.165) is 5.52 Å². The normalized spacial score (nSPS) is 12.7. The lowest BCUT2D eigenvalue weighted by molar-refractivity contribution is 0.00706. The molecule has 0 aliphatic rings. The van der Waals surface area contributed by atoms with Crippen LogP contribution in [0.5, 0.6) is 5.75 Å². The van der Waals surface area contributed by atoms with E-state index in [9.17, 15) is 9.90 Å². The second kappa shape index (κ2) is 5.40. The largest absolute Gasteiger partial charge is 0.507 e. The molecular formula is C17H22N2O3. The Bertz CT molecular complexity index is 826. The number of H-pyrrole nitrogens is 1. The summed E-state index contributed by atoms with van der Waals surface area (Å²) in [6.45, 7) is 9.33. The number of phenolic OH excluding ortho intramolecular Hbond substituents is 1. The number of carbonyl (C=O) groups is 1. The maximum Gasteiger partial charge on any atom is 0.341 e. The maximum absolute atomic E-state index is 12.5. The highest BCUT2D eigenvalue weighted by Crippen LogP contribution is 2.18. The molecule has 0 atom stereocenters. The highest BCUT2D eigenvalue weighted by Gasteiger charge is 2.23. The van der Waals surface area contributed by atoms with Gasteiger partial charge in [-0.25, -0.2) is 4.79 Å². The van der Waals surface area contributed by atoms with Gasteiger partial charge in [-0.1, -0.05) is 6.58 Å². The van der Waals surface area contributed by atoms with Gasteiger partial charge in [-0.3, -0.25) is 0 Å². The van der Waals surface area contributed by atoms with Crippen LogP contribution in [0.15, 0.2) is 12.1 Å². The van der Waals surface area contributed by atoms with Crippen molar-refractivity contribution in [2.45, 2.75) is 26.4 Å². The number of rotatable bonds is 2. The molecule has 1 aromatic heterocycles. The van der Waals surface area contributed by atoms with Crippen molar-refractivity contribution in [3.63, 3.8) is 0 Å². The summed E-state index contributed by atoms with van der Waals surface area (Å²) in [6, 6.07) is 3.31. The smallest absolute Gasteiger partial charge is 0.341 e. The molecule has 1 aromatic carbocycles. The van der Waals surface area contributed by atoms with Crippen LogP contribution in [0.2, 0.25) is 0 Å². The zero-order valence-corrected chi connectivity index (χ0v) is 13.7. The first kappa shape index (κ1) is 15.9. The quantitative estimate of drug-likeness (QED) is 0.826. The Kier molecular flexibility index (Phi) is 3.92. The highest BCUT2D eigenvalue weighted by atomic mass is 16.6. The molecule has 0 amide bonds. The number of hydrogen-bond donors (Lipinski definition) is 2. The average molecular weight is 302 g/mol. The van der Waals surface area contributed by atoms with E-state index in [1.807, 2.05) is 39.8 Å². The number of nitrogens with zero attached hydrogens (tertiary/aromatic N) is 1. The van der Waals surface area contributed by atoms with Crippen LogP contribution in [-0.4, -0.2) is 40.7 Å². The van der Waals surface area contributed by atoms with E-state index in [4.69, 9.17) is 4.74 Å². The molecule has 0 unspecified atom stereocenters. The molecule has 1 heterocycles. The predicted octanol–water partition coefficient (Wildman–Crippen LogP) is 1.54. The lowest BCUT2D eigenvalue weighted by Gasteiger charge is -2.19. The minimum Gasteiger partial charge on any atom is -0.507 e. The van der Waals surface area contributed by atoms with Crippen molar-refractivity contribution in [3.05, 3.63) is 28.3 Å². The number of aromatic nitrogens is 1. The summed E-state index contributed by atoms with van der Waals surface area (Å²) in [4.78, 5) is 17.4. The number of esters is 1. The van der Waals surface area contributed by atoms with Gasteiger partial charge >= 0.3 is 5.97 Å². The van der Waals surface area contributed by atoms with Gasteiger partial charge < -0.3 is 19.7 Å². The Labute approximate surface area is 129 Å². The standard InChI is InChI=1S/C17H22N2O3/c1-10-14(16(21)22-17(2,3)4)15-11(9-19(5)6)13(20)8-7-12(15)18-10/h7-9,18,20H,1H2,2-6H3. The van der Waals surface area contributed by atoms with Crippen LogP contribution in [0.3, 0.4) is 0 Å². The number of carbonyl (C=O) groups excluding carboxylic acids is 1. The van der Waals surface area contributed by atoms with Crippen molar-refractivity contribution in [3.8, 4) is 5.75 Å². The maximum atomic E-state index is 12.5. The van der Waals surface area contributed by atoms with Crippen molar-refractivity contribution in [1.29, 1.82) is 0 Å². The van der Waals surface area contributed by atoms with E-state index in [2.05, 4.69) is 11.6 Å². The van der Waals surface area contributed by atoms with Gasteiger partial charge in [0.25, 0.3) is 0 Å². The Hall–Kier alpha value is -2.43. The van der Waals surface area contributed by atoms with Crippen molar-refractivity contribution in [2.75, 3.05) is 14.1 Å². The summed E-state index contributed by atoms with van der Waals surface area (Å²) < 4.78 is 5.46. The molecule has 0 aliphatic carbocycles. The molecule has 0 saturated carbocycles. The molecule has 2 rings (SSSR count). The zero-order chi connectivity index (χ0) is 16.7. The van der Waals surface area contributed by atoms with Crippen LogP contribution in [0, 0.1) is 0 Å². The highest BCUT2D eigenvalue weighted by molar-refractivity contribution is 6.05. The first-order chi connectivity index (χ1) is 10.1. The Balaban J connectivity index is 2.80. The van der Waals surface area contributed by atoms with Gasteiger partial charge in [0.15, 0.2) is 0 Å². The monoisotopic (exact) mass is 302 g/mol. The van der Waals surface area contributed by atoms with Gasteiger partial charge in [-0.15, -0.1) is 0 Å². The molecule has 0 saturated heterocycles. The van der Waals surface area contributed by atoms with Crippen LogP contribution in [0.4, 0.5) is 0 Å². The van der Waals surface area contributed by atoms with Crippen LogP contribution in [0.25, 0.3) is 23.7 Å². The fourth-order valence-corrected chi connectivity index (χ4v) is 2.30. The van der Waals surface area contributed by atoms with Crippen LogP contribution in [-0.2, 0) is 4.74 Å². The number of ether oxygens (including phenoxy) is 1. The average Bonchev–Trinajstić information content (AvgIpc) is 2.67. The first-order valence-corrected chi connectivity index (χ1v) is 7.04. The Morgan fingerprint density at radius 2 is 2.00 bits per heavy atom. The molecule has 22 heavy (non-hydrogen) atoms. The molecule has 0 fully saturated rings. The number of hydrogen-bond acceptors (Lipinski definition) is 4. The van der Waals surface area contributed by atoms with E-state index in [0.29, 0.717) is 21.5 Å². The third-order valence-corrected chi connectivity index (χ3v) is 3.05. The van der Waals surface area contributed by atoms with Crippen molar-refractivity contribution in [1.82, 2.24) is 9.88 Å². The number of phenols is 1. The van der Waals surface area contributed by atoms with Gasteiger partial charge in [-0.05, 0) is 32.9 Å². The molecule has 5 nitrogen and oxygen atoms in total. The first-order valence-electron chi connectivity index (χ1n) is 7.04. The molecule has 5 heteroatoms. The van der Waals surface area contributed by atoms with E-state index in [1.54, 1.807) is 18.3 Å². The summed E-state index contributed by atoms with van der Waals surface area (Å²) in [5.41, 5.74) is 0.487. The lowest BCUT2D eigenvalue weighted by Crippen LogP contribution is -2.27. The summed E-state index contributed by atoms with van der Waals surface area (Å²) in [5.74, 6) is -0.354. The molecule has 2 N–H and O–H groups in total. The van der Waals surface area contributed by atoms with Crippen molar-refractivity contribution < 1.29 is 14.6 Å². The van der Waals surface area contributed by atoms with E-state index in [-0.39, 0.29) is 5.75 Å². The topological polar surface area (TPSA) is 65.6 Å². The summed E-state index contributed by atoms with van der Waals surface area (Å²) in [6.07, 6.45) is 1.76. The fourth-order valence-electron chi connectivity index (χ4n) is 2.30. The predicted molar refractivity (Wildman–Crippen MR) is 88.1 cm³/mol. The molecule has 2 aromatic rings. The fraction of sp³-hybridized carbons (Fsp3) is 0.353. The molecule has 0 aliphatic heterocycles. The molecule has 0 radical (unpaired) electrons. The van der Waals surface area contributed by atoms with Crippen LogP contribution < -0.4 is 10.6 Å². The second-order valence-corrected chi connectivity index (χ2v) is 6.49. The second-order valence-electron chi connectivity index (χ2n) is 6.49. The molecule has 118 valence electrons. The summed E-state index contributed by atoms with van der Waals surface area (Å²) in [5, 5.41) is 11.8. The van der Waals surface area contributed by atoms with Crippen LogP contribution >= 0.6 is 0 Å². The molecule has 0 bridgehead atoms. The summed E-state index contributed by atoms with van der Waals surface area (Å²) >= 11 is 0. The van der Waals surface area contributed by atoms with Crippen molar-refractivity contribution >= 4 is 29.7 Å². The summed E-state index contributed by atoms with van der Waals surface area (Å²) in [7, 11) is 3.70. The number of aromatic amines is 1. The van der Waals surface area contributed by atoms with E-state index in [1.165, 1.54) is 0 Å². The number of nitrogens with one attached hydrogen (secondary N) is 1. The Morgan fingerprint density at radius 3 is 2.55 bits per heavy atom. The zero-order valence-electron chi connectivity index (χ0n) is 13.7. The van der Waals surface area contributed by atoms with Gasteiger partial charge in [0, 0.05) is 41.8 Å². The van der Waals surface area contributed by atoms with E-state index >= 15 is 0 Å². The van der Waals surface area contributed by atoms with Gasteiger partial charge in [-0.2, -0.15) is 0 Å². The third-order valence-electron chi connectivity index (χ3n) is 3.05. The molecule has 0 spiro atoms. The Morgan fingerprint density at radius 1 is 1.36 bits per heavy atom.